The van der Waals surface area contributed by atoms with Crippen LogP contribution in [0.5, 0.6) is 5.75 Å². The maximum Gasteiger partial charge on any atom is 0.192 e. The highest BCUT2D eigenvalue weighted by atomic mass is 32.2. The summed E-state index contributed by atoms with van der Waals surface area (Å²) >= 11 is 1.44. The molecule has 0 saturated carbocycles. The van der Waals surface area contributed by atoms with Gasteiger partial charge in [-0.15, -0.1) is 10.2 Å². The van der Waals surface area contributed by atoms with Gasteiger partial charge >= 0.3 is 0 Å². The zero-order valence-corrected chi connectivity index (χ0v) is 19.5. The van der Waals surface area contributed by atoms with Crippen LogP contribution in [0.3, 0.4) is 0 Å². The van der Waals surface area contributed by atoms with Gasteiger partial charge < -0.3 is 14.5 Å². The molecule has 1 N–H and O–H groups in total. The zero-order chi connectivity index (χ0) is 22.8. The molecule has 8 heteroatoms. The number of nitrogens with zero attached hydrogens (tertiary/aromatic N) is 3. The van der Waals surface area contributed by atoms with Crippen molar-refractivity contribution in [3.05, 3.63) is 60.3 Å². The number of carbonyl (C=O) groups excluding carboxylic acids is 1. The number of aromatic amines is 1. The smallest absolute Gasteiger partial charge is 0.192 e. The normalized spacial score (nSPS) is 16.8. The Bertz CT molecular complexity index is 1260. The van der Waals surface area contributed by atoms with Crippen molar-refractivity contribution in [1.82, 2.24) is 19.7 Å². The molecule has 0 bridgehead atoms. The number of carbonyl (C=O) groups is 1. The number of nitrogens with one attached hydrogen (secondary N) is 1. The summed E-state index contributed by atoms with van der Waals surface area (Å²) in [4.78, 5) is 16.5. The predicted octanol–water partition coefficient (Wildman–Crippen LogP) is 4.98. The molecule has 33 heavy (non-hydrogen) atoms. The fourth-order valence-corrected chi connectivity index (χ4v) is 5.12. The van der Waals surface area contributed by atoms with Crippen molar-refractivity contribution in [2.75, 3.05) is 13.7 Å². The highest BCUT2D eigenvalue weighted by Crippen LogP contribution is 2.31. The fraction of sp³-hybridized carbons (Fsp3) is 0.320. The monoisotopic (exact) mass is 462 g/mol. The molecule has 5 rings (SSSR count). The van der Waals surface area contributed by atoms with Crippen molar-refractivity contribution in [3.8, 4) is 17.1 Å². The Morgan fingerprint density at radius 3 is 2.82 bits per heavy atom. The van der Waals surface area contributed by atoms with Gasteiger partial charge in [0, 0.05) is 34.8 Å². The van der Waals surface area contributed by atoms with E-state index in [-0.39, 0.29) is 17.1 Å². The number of ether oxygens (including phenoxy) is 2. The Balaban J connectivity index is 1.43. The van der Waals surface area contributed by atoms with Crippen LogP contribution in [0, 0.1) is 0 Å². The molecular formula is C25H26N4O3S. The van der Waals surface area contributed by atoms with E-state index in [2.05, 4.69) is 19.7 Å². The van der Waals surface area contributed by atoms with Gasteiger partial charge in [-0.25, -0.2) is 0 Å². The predicted molar refractivity (Wildman–Crippen MR) is 129 cm³/mol. The molecule has 0 radical (unpaired) electrons. The van der Waals surface area contributed by atoms with Crippen molar-refractivity contribution in [2.45, 2.75) is 42.8 Å². The van der Waals surface area contributed by atoms with E-state index in [0.717, 1.165) is 52.6 Å². The zero-order valence-electron chi connectivity index (χ0n) is 18.7. The van der Waals surface area contributed by atoms with Gasteiger partial charge in [0.1, 0.15) is 5.75 Å². The first-order valence-electron chi connectivity index (χ1n) is 11.1. The Hall–Kier alpha value is -3.10. The first-order chi connectivity index (χ1) is 16.1. The Labute approximate surface area is 196 Å². The minimum atomic E-state index is -0.319. The number of Topliss-reactive ketones (excluding diaryl/α,β-unsaturated/α-hetero) is 1. The van der Waals surface area contributed by atoms with Crippen LogP contribution in [0.2, 0.25) is 0 Å². The van der Waals surface area contributed by atoms with Crippen LogP contribution in [-0.2, 0) is 11.3 Å². The molecule has 2 aromatic carbocycles. The van der Waals surface area contributed by atoms with E-state index < -0.39 is 0 Å². The molecule has 1 saturated heterocycles. The van der Waals surface area contributed by atoms with Crippen LogP contribution in [0.1, 0.15) is 30.1 Å². The molecule has 2 atom stereocenters. The number of hydrogen-bond donors (Lipinski definition) is 1. The largest absolute Gasteiger partial charge is 0.497 e. The number of rotatable bonds is 8. The maximum atomic E-state index is 13.3. The summed E-state index contributed by atoms with van der Waals surface area (Å²) in [6, 6.07) is 15.6. The number of benzene rings is 2. The van der Waals surface area contributed by atoms with Crippen LogP contribution in [0.25, 0.3) is 22.3 Å². The Morgan fingerprint density at radius 1 is 1.24 bits per heavy atom. The summed E-state index contributed by atoms with van der Waals surface area (Å²) in [5.41, 5.74) is 2.61. The average molecular weight is 463 g/mol. The van der Waals surface area contributed by atoms with Crippen LogP contribution in [0.4, 0.5) is 0 Å². The van der Waals surface area contributed by atoms with Gasteiger partial charge in [0.15, 0.2) is 16.8 Å². The van der Waals surface area contributed by atoms with Crippen molar-refractivity contribution in [3.63, 3.8) is 0 Å². The highest BCUT2D eigenvalue weighted by molar-refractivity contribution is 8.00. The van der Waals surface area contributed by atoms with E-state index in [4.69, 9.17) is 9.47 Å². The molecule has 0 unspecified atom stereocenters. The van der Waals surface area contributed by atoms with Crippen molar-refractivity contribution in [2.24, 2.45) is 0 Å². The molecular weight excluding hydrogens is 436 g/mol. The molecule has 1 aliphatic heterocycles. The van der Waals surface area contributed by atoms with Crippen molar-refractivity contribution >= 4 is 28.4 Å². The van der Waals surface area contributed by atoms with E-state index in [1.807, 2.05) is 55.5 Å². The molecule has 7 nitrogen and oxygen atoms in total. The van der Waals surface area contributed by atoms with Gasteiger partial charge in [0.25, 0.3) is 0 Å². The van der Waals surface area contributed by atoms with E-state index >= 15 is 0 Å². The lowest BCUT2D eigenvalue weighted by Gasteiger charge is -2.16. The van der Waals surface area contributed by atoms with E-state index in [0.29, 0.717) is 12.1 Å². The van der Waals surface area contributed by atoms with Crippen LogP contribution < -0.4 is 4.74 Å². The summed E-state index contributed by atoms with van der Waals surface area (Å²) in [7, 11) is 1.65. The highest BCUT2D eigenvalue weighted by Gasteiger charge is 2.26. The van der Waals surface area contributed by atoms with E-state index in [1.54, 1.807) is 13.3 Å². The third-order valence-electron chi connectivity index (χ3n) is 5.98. The molecule has 2 aromatic heterocycles. The SMILES string of the molecule is COc1ccc(-c2nnc(S[C@@H](C)C(=O)c3c[nH]c4ccccc34)n2C[C@H]2CCCO2)cc1. The second kappa shape index (κ2) is 9.41. The number of aromatic nitrogens is 4. The standard InChI is InChI=1S/C25H26N4O3S/c1-16(23(30)21-14-26-22-8-4-3-7-20(21)22)33-25-28-27-24(17-9-11-18(31-2)12-10-17)29(25)15-19-6-5-13-32-19/h3-4,7-12,14,16,19,26H,5-6,13,15H2,1-2H3/t16-,19+/m0/s1. The first kappa shape index (κ1) is 21.7. The number of H-pyrrole nitrogens is 1. The Morgan fingerprint density at radius 2 is 2.06 bits per heavy atom. The molecule has 0 aliphatic carbocycles. The van der Waals surface area contributed by atoms with Gasteiger partial charge in [0.2, 0.25) is 0 Å². The minimum absolute atomic E-state index is 0.0649. The lowest BCUT2D eigenvalue weighted by Crippen LogP contribution is -2.19. The average Bonchev–Trinajstić information content (AvgIpc) is 3.60. The van der Waals surface area contributed by atoms with Crippen molar-refractivity contribution in [1.29, 1.82) is 0 Å². The third-order valence-corrected chi connectivity index (χ3v) is 7.06. The van der Waals surface area contributed by atoms with Crippen LogP contribution in [-0.4, -0.2) is 50.6 Å². The second-order valence-corrected chi connectivity index (χ2v) is 9.46. The number of fused-ring (bicyclic) bond motifs is 1. The van der Waals surface area contributed by atoms with Crippen molar-refractivity contribution < 1.29 is 14.3 Å². The van der Waals surface area contributed by atoms with Gasteiger partial charge in [0.05, 0.1) is 25.0 Å². The topological polar surface area (TPSA) is 82.0 Å². The third kappa shape index (κ3) is 4.41. The number of para-hydroxylation sites is 1. The van der Waals surface area contributed by atoms with Gasteiger partial charge in [-0.3, -0.25) is 9.36 Å². The first-order valence-corrected chi connectivity index (χ1v) is 12.0. The number of thioether (sulfide) groups is 1. The molecule has 1 fully saturated rings. The summed E-state index contributed by atoms with van der Waals surface area (Å²) in [6.45, 7) is 3.36. The minimum Gasteiger partial charge on any atom is -0.497 e. The number of methoxy groups -OCH3 is 1. The summed E-state index contributed by atoms with van der Waals surface area (Å²) in [5.74, 6) is 1.62. The van der Waals surface area contributed by atoms with Crippen LogP contribution in [0.15, 0.2) is 59.9 Å². The second-order valence-electron chi connectivity index (χ2n) is 8.15. The van der Waals surface area contributed by atoms with E-state index in [1.165, 1.54) is 11.8 Å². The van der Waals surface area contributed by atoms with Gasteiger partial charge in [-0.2, -0.15) is 0 Å². The molecule has 0 spiro atoms. The van der Waals surface area contributed by atoms with Crippen LogP contribution >= 0.6 is 11.8 Å². The molecule has 1 aliphatic rings. The van der Waals surface area contributed by atoms with Gasteiger partial charge in [-0.1, -0.05) is 30.0 Å². The lowest BCUT2D eigenvalue weighted by molar-refractivity contribution is 0.0953. The molecule has 0 amide bonds. The Kier molecular flexibility index (Phi) is 6.20. The molecule has 170 valence electrons. The molecule has 4 aromatic rings. The summed E-state index contributed by atoms with van der Waals surface area (Å²) in [6.07, 6.45) is 3.98. The number of ketones is 1. The quantitative estimate of drug-likeness (QED) is 0.294. The summed E-state index contributed by atoms with van der Waals surface area (Å²) < 4.78 is 13.3. The van der Waals surface area contributed by atoms with Gasteiger partial charge in [-0.05, 0) is 50.1 Å². The fourth-order valence-electron chi connectivity index (χ4n) is 4.19. The lowest BCUT2D eigenvalue weighted by atomic mass is 10.1. The molecule has 3 heterocycles. The van der Waals surface area contributed by atoms with E-state index in [9.17, 15) is 4.79 Å². The summed E-state index contributed by atoms with van der Waals surface area (Å²) in [5, 5.41) is 10.3. The number of hydrogen-bond acceptors (Lipinski definition) is 6. The maximum absolute atomic E-state index is 13.3.